The molecule has 3 heterocycles. The van der Waals surface area contributed by atoms with E-state index >= 15 is 0 Å². The number of methoxy groups -OCH3 is 5. The zero-order valence-corrected chi connectivity index (χ0v) is 24.0. The second kappa shape index (κ2) is 9.67. The van der Waals surface area contributed by atoms with Crippen LogP contribution in [-0.2, 0) is 11.2 Å². The van der Waals surface area contributed by atoms with Gasteiger partial charge in [0.1, 0.15) is 17.6 Å². The molecular weight excluding hydrogens is 504 g/mol. The molecule has 2 aromatic rings. The highest BCUT2D eigenvalue weighted by molar-refractivity contribution is 5.87. The number of rotatable bonds is 6. The first kappa shape index (κ1) is 27.2. The van der Waals surface area contributed by atoms with E-state index < -0.39 is 30.3 Å². The Morgan fingerprint density at radius 3 is 1.90 bits per heavy atom. The van der Waals surface area contributed by atoms with Crippen molar-refractivity contribution in [3.8, 4) is 34.5 Å². The minimum atomic E-state index is -1.23. The second-order valence-corrected chi connectivity index (χ2v) is 10.4. The average Bonchev–Trinajstić information content (AvgIpc) is 2.92. The summed E-state index contributed by atoms with van der Waals surface area (Å²) < 4.78 is 29.0. The number of aliphatic hydroxyl groups is 1. The second-order valence-electron chi connectivity index (χ2n) is 10.4. The van der Waals surface area contributed by atoms with Gasteiger partial charge in [0, 0.05) is 39.8 Å². The highest BCUT2D eigenvalue weighted by atomic mass is 16.5. The number of carbonyl (C=O) groups excluding carboxylic acids is 1. The molecule has 2 N–H and O–H groups in total. The summed E-state index contributed by atoms with van der Waals surface area (Å²) in [5.74, 6) is 2.39. The third-order valence-electron chi connectivity index (χ3n) is 8.93. The lowest BCUT2D eigenvalue weighted by Crippen LogP contribution is -2.67. The number of hydrogen-bond acceptors (Lipinski definition) is 9. The van der Waals surface area contributed by atoms with Crippen LogP contribution in [-0.4, -0.2) is 80.6 Å². The van der Waals surface area contributed by atoms with Gasteiger partial charge in [0.2, 0.25) is 5.91 Å². The summed E-state index contributed by atoms with van der Waals surface area (Å²) in [5.41, 5.74) is 3.86. The molecule has 39 heavy (non-hydrogen) atoms. The van der Waals surface area contributed by atoms with Crippen LogP contribution in [0.5, 0.6) is 34.5 Å². The number of phenols is 1. The summed E-state index contributed by atoms with van der Waals surface area (Å²) >= 11 is 0. The number of ether oxygens (including phenoxy) is 5. The average molecular weight is 543 g/mol. The number of likely N-dealkylation sites (N-methyl/N-ethyl adjacent to an activating group) is 1. The zero-order valence-electron chi connectivity index (χ0n) is 24.0. The number of phenolic OH excluding ortho intramolecular Hbond substituents is 1. The van der Waals surface area contributed by atoms with Gasteiger partial charge in [-0.3, -0.25) is 9.69 Å². The van der Waals surface area contributed by atoms with Crippen molar-refractivity contribution < 1.29 is 38.7 Å². The summed E-state index contributed by atoms with van der Waals surface area (Å²) in [7, 11) is 9.72. The fourth-order valence-electron chi connectivity index (χ4n) is 7.33. The Labute approximate surface area is 229 Å². The van der Waals surface area contributed by atoms with Gasteiger partial charge >= 0.3 is 0 Å². The van der Waals surface area contributed by atoms with Crippen LogP contribution >= 0.6 is 0 Å². The maximum Gasteiger partial charge on any atom is 0.241 e. The molecule has 5 atom stereocenters. The Hall–Kier alpha value is -3.37. The quantitative estimate of drug-likeness (QED) is 0.568. The number of aromatic hydroxyl groups is 1. The molecule has 1 amide bonds. The van der Waals surface area contributed by atoms with Crippen molar-refractivity contribution in [3.63, 3.8) is 0 Å². The molecule has 2 aromatic carbocycles. The largest absolute Gasteiger partial charge is 0.507 e. The van der Waals surface area contributed by atoms with Crippen LogP contribution in [0.1, 0.15) is 64.9 Å². The molecule has 1 fully saturated rings. The number of amides is 1. The van der Waals surface area contributed by atoms with E-state index in [-0.39, 0.29) is 11.7 Å². The Morgan fingerprint density at radius 1 is 0.821 bits per heavy atom. The molecule has 10 heteroatoms. The van der Waals surface area contributed by atoms with Crippen molar-refractivity contribution >= 4 is 5.91 Å². The lowest BCUT2D eigenvalue weighted by molar-refractivity contribution is -0.166. The highest BCUT2D eigenvalue weighted by Gasteiger charge is 2.59. The van der Waals surface area contributed by atoms with Crippen LogP contribution in [0.25, 0.3) is 0 Å². The summed E-state index contributed by atoms with van der Waals surface area (Å²) in [6, 6.07) is -2.15. The number of hydrogen-bond donors (Lipinski definition) is 2. The summed E-state index contributed by atoms with van der Waals surface area (Å²) in [6.45, 7) is 5.61. The monoisotopic (exact) mass is 542 g/mol. The van der Waals surface area contributed by atoms with Gasteiger partial charge < -0.3 is 38.8 Å². The van der Waals surface area contributed by atoms with Gasteiger partial charge in [0.15, 0.2) is 23.0 Å². The van der Waals surface area contributed by atoms with E-state index in [1.165, 1.54) is 14.2 Å². The lowest BCUT2D eigenvalue weighted by atomic mass is 9.71. The summed E-state index contributed by atoms with van der Waals surface area (Å²) in [4.78, 5) is 18.1. The molecule has 3 aliphatic rings. The number of aliphatic hydroxyl groups excluding tert-OH is 1. The van der Waals surface area contributed by atoms with Crippen LogP contribution in [0.4, 0.5) is 0 Å². The van der Waals surface area contributed by atoms with Crippen LogP contribution in [0.2, 0.25) is 0 Å². The van der Waals surface area contributed by atoms with E-state index in [9.17, 15) is 15.0 Å². The Morgan fingerprint density at radius 2 is 1.36 bits per heavy atom. The fourth-order valence-corrected chi connectivity index (χ4v) is 7.33. The zero-order chi connectivity index (χ0) is 28.5. The molecule has 10 nitrogen and oxygen atoms in total. The van der Waals surface area contributed by atoms with Crippen LogP contribution in [0.15, 0.2) is 0 Å². The van der Waals surface area contributed by atoms with Gasteiger partial charge in [-0.2, -0.15) is 0 Å². The van der Waals surface area contributed by atoms with Crippen molar-refractivity contribution in [3.05, 3.63) is 33.4 Å². The number of piperazine rings is 1. The molecule has 212 valence electrons. The smallest absolute Gasteiger partial charge is 0.241 e. The molecule has 0 radical (unpaired) electrons. The van der Waals surface area contributed by atoms with E-state index in [1.54, 1.807) is 33.2 Å². The molecule has 0 spiro atoms. The fraction of sp³-hybridized carbons (Fsp3) is 0.552. The van der Waals surface area contributed by atoms with E-state index in [0.29, 0.717) is 58.3 Å². The van der Waals surface area contributed by atoms with Crippen molar-refractivity contribution in [2.24, 2.45) is 0 Å². The molecule has 0 saturated carbocycles. The van der Waals surface area contributed by atoms with Gasteiger partial charge in [-0.25, -0.2) is 0 Å². The van der Waals surface area contributed by atoms with Crippen molar-refractivity contribution in [2.45, 2.75) is 63.9 Å². The van der Waals surface area contributed by atoms with Gasteiger partial charge in [0.05, 0.1) is 59.7 Å². The SMILES string of the molecule is CC[C@H]1c2c(OC)c(OC)c(C)c(O)c2C(O)C2C3c4c(c(OC)c(C)c(OC)c4OC)C[C@@H](C(=O)N21)N3C. The normalized spacial score (nSPS) is 25.4. The van der Waals surface area contributed by atoms with Gasteiger partial charge in [-0.05, 0) is 27.3 Å². The van der Waals surface area contributed by atoms with Crippen LogP contribution in [0.3, 0.4) is 0 Å². The third kappa shape index (κ3) is 3.37. The number of benzene rings is 2. The van der Waals surface area contributed by atoms with Crippen molar-refractivity contribution in [2.75, 3.05) is 42.6 Å². The highest BCUT2D eigenvalue weighted by Crippen LogP contribution is 2.61. The van der Waals surface area contributed by atoms with Gasteiger partial charge in [-0.1, -0.05) is 6.92 Å². The number of nitrogens with zero attached hydrogens (tertiary/aromatic N) is 2. The van der Waals surface area contributed by atoms with Crippen LogP contribution < -0.4 is 23.7 Å². The standard InChI is InChI=1S/C29H38N2O8/c1-10-15-18-19(22(32)12(2)25(36-6)28(18)39-9)23(33)21-20-17-14(11-16(30(20)4)29(34)31(15)21)24(35-5)13(3)26(37-7)27(17)38-8/h15-16,20-21,23,32-33H,10-11H2,1-9H3/t15-,16-,20?,21?,23?/m0/s1. The van der Waals surface area contributed by atoms with Crippen molar-refractivity contribution in [1.29, 1.82) is 0 Å². The Bertz CT molecular complexity index is 1340. The molecule has 0 aliphatic carbocycles. The van der Waals surface area contributed by atoms with Crippen LogP contribution in [0, 0.1) is 13.8 Å². The predicted octanol–water partition coefficient (Wildman–Crippen LogP) is 3.36. The molecule has 2 bridgehead atoms. The first-order valence-electron chi connectivity index (χ1n) is 13.1. The van der Waals surface area contributed by atoms with E-state index in [2.05, 4.69) is 0 Å². The van der Waals surface area contributed by atoms with Gasteiger partial charge in [-0.15, -0.1) is 0 Å². The number of carbonyl (C=O) groups is 1. The number of fused-ring (bicyclic) bond motifs is 7. The summed E-state index contributed by atoms with van der Waals surface area (Å²) in [6.07, 6.45) is -0.279. The predicted molar refractivity (Wildman–Crippen MR) is 143 cm³/mol. The molecule has 0 aromatic heterocycles. The van der Waals surface area contributed by atoms with Crippen molar-refractivity contribution in [1.82, 2.24) is 9.80 Å². The molecule has 5 rings (SSSR count). The maximum atomic E-state index is 14.3. The minimum Gasteiger partial charge on any atom is -0.507 e. The van der Waals surface area contributed by atoms with E-state index in [4.69, 9.17) is 23.7 Å². The Balaban J connectivity index is 1.86. The van der Waals surface area contributed by atoms with Gasteiger partial charge in [0.25, 0.3) is 0 Å². The Kier molecular flexibility index (Phi) is 6.75. The maximum absolute atomic E-state index is 14.3. The molecular formula is C29H38N2O8. The lowest BCUT2D eigenvalue weighted by Gasteiger charge is -2.58. The first-order valence-corrected chi connectivity index (χ1v) is 13.1. The summed E-state index contributed by atoms with van der Waals surface area (Å²) in [5, 5.41) is 23.5. The first-order chi connectivity index (χ1) is 18.6. The molecule has 1 saturated heterocycles. The minimum absolute atomic E-state index is 0.0625. The van der Waals surface area contributed by atoms with E-state index in [1.807, 2.05) is 25.8 Å². The van der Waals surface area contributed by atoms with E-state index in [0.717, 1.165) is 16.7 Å². The molecule has 3 aliphatic heterocycles. The molecule has 3 unspecified atom stereocenters. The topological polar surface area (TPSA) is 110 Å². The third-order valence-corrected chi connectivity index (χ3v) is 8.93.